The van der Waals surface area contributed by atoms with Gasteiger partial charge in [0.1, 0.15) is 6.04 Å². The minimum absolute atomic E-state index is 0.0246. The number of hydrazine groups is 1. The Morgan fingerprint density at radius 3 is 2.38 bits per heavy atom. The van der Waals surface area contributed by atoms with E-state index >= 15 is 0 Å². The van der Waals surface area contributed by atoms with Crippen LogP contribution in [-0.4, -0.2) is 86.7 Å². The third-order valence-corrected chi connectivity index (χ3v) is 7.19. The molecule has 1 heterocycles. The smallest absolute Gasteiger partial charge is 0.328 e. The second-order valence-corrected chi connectivity index (χ2v) is 12.1. The number of amides is 2. The fourth-order valence-corrected chi connectivity index (χ4v) is 5.24. The van der Waals surface area contributed by atoms with Gasteiger partial charge in [0.15, 0.2) is 0 Å². The molecule has 4 N–H and O–H groups in total. The highest BCUT2D eigenvalue weighted by molar-refractivity contribution is 7.89. The summed E-state index contributed by atoms with van der Waals surface area (Å²) in [5.41, 5.74) is 4.24. The van der Waals surface area contributed by atoms with Crippen LogP contribution in [0.2, 0.25) is 15.1 Å². The third kappa shape index (κ3) is 8.21. The van der Waals surface area contributed by atoms with Crippen LogP contribution in [0, 0.1) is 0 Å². The number of carboxylic acids is 1. The van der Waals surface area contributed by atoms with Gasteiger partial charge in [-0.05, 0) is 47.9 Å². The average molecular weight is 634 g/mol. The first kappa shape index (κ1) is 31.4. The van der Waals surface area contributed by atoms with E-state index in [-0.39, 0.29) is 34.0 Å². The van der Waals surface area contributed by atoms with Crippen molar-refractivity contribution in [3.05, 3.63) is 67.7 Å². The normalized spacial score (nSPS) is 14.4. The van der Waals surface area contributed by atoms with Crippen LogP contribution in [0.25, 0.3) is 0 Å². The zero-order chi connectivity index (χ0) is 29.8. The number of hydrogen-bond donors (Lipinski definition) is 4. The van der Waals surface area contributed by atoms with Crippen LogP contribution in [0.1, 0.15) is 31.8 Å². The van der Waals surface area contributed by atoms with Crippen LogP contribution >= 0.6 is 34.8 Å². The molecule has 2 aromatic rings. The summed E-state index contributed by atoms with van der Waals surface area (Å²) in [5, 5.41) is 13.9. The number of sulfonamides is 1. The highest BCUT2D eigenvalue weighted by atomic mass is 35.5. The number of aliphatic imine (C=N–C) groups is 1. The first-order valence-electron chi connectivity index (χ1n) is 11.7. The number of halogens is 3. The van der Waals surface area contributed by atoms with Crippen molar-refractivity contribution in [2.75, 3.05) is 33.4 Å². The van der Waals surface area contributed by atoms with Crippen LogP contribution in [0.15, 0.2) is 35.3 Å². The Morgan fingerprint density at radius 1 is 1.15 bits per heavy atom. The Kier molecular flexibility index (Phi) is 10.2. The summed E-state index contributed by atoms with van der Waals surface area (Å²) in [5.74, 6) is -2.70. The Bertz CT molecular complexity index is 1450. The summed E-state index contributed by atoms with van der Waals surface area (Å²) in [4.78, 5) is 43.5. The monoisotopic (exact) mass is 632 g/mol. The van der Waals surface area contributed by atoms with Crippen molar-refractivity contribution < 1.29 is 27.9 Å². The highest BCUT2D eigenvalue weighted by Crippen LogP contribution is 2.35. The minimum Gasteiger partial charge on any atom is -0.480 e. The van der Waals surface area contributed by atoms with E-state index in [1.807, 2.05) is 0 Å². The molecule has 3 rings (SSSR count). The maximum absolute atomic E-state index is 13.1. The Balaban J connectivity index is 1.80. The summed E-state index contributed by atoms with van der Waals surface area (Å²) < 4.78 is 25.3. The third-order valence-electron chi connectivity index (χ3n) is 5.66. The van der Waals surface area contributed by atoms with Crippen LogP contribution in [0.3, 0.4) is 0 Å². The minimum atomic E-state index is -3.72. The van der Waals surface area contributed by atoms with Crippen LogP contribution in [0.4, 0.5) is 0 Å². The fourth-order valence-electron chi connectivity index (χ4n) is 3.88. The lowest BCUT2D eigenvalue weighted by Gasteiger charge is -2.30. The molecule has 1 aliphatic heterocycles. The molecule has 0 bridgehead atoms. The number of guanidine groups is 1. The van der Waals surface area contributed by atoms with Gasteiger partial charge in [-0.15, -0.1) is 0 Å². The zero-order valence-corrected chi connectivity index (χ0v) is 24.7. The highest BCUT2D eigenvalue weighted by Gasteiger charge is 2.29. The van der Waals surface area contributed by atoms with Crippen molar-refractivity contribution >= 4 is 68.6 Å². The van der Waals surface area contributed by atoms with Crippen LogP contribution in [0.5, 0.6) is 0 Å². The molecule has 2 amide bonds. The first-order valence-corrected chi connectivity index (χ1v) is 14.7. The van der Waals surface area contributed by atoms with E-state index in [1.165, 1.54) is 11.1 Å². The summed E-state index contributed by atoms with van der Waals surface area (Å²) >= 11 is 18.9. The number of fused-ring (bicyclic) bond motifs is 1. The molecule has 2 aromatic carbocycles. The SMILES string of the molecule is CN(C)NC(=NC[C@H](NC(=O)c1c(Cl)cc2c(c1Cl)CCN(C(=O)c1ccc(Cl)cc1)C2)C(=O)O)NS(C)(=O)=O. The van der Waals surface area contributed by atoms with Gasteiger partial charge in [-0.3, -0.25) is 19.7 Å². The first-order chi connectivity index (χ1) is 18.7. The predicted molar refractivity (Wildman–Crippen MR) is 152 cm³/mol. The number of rotatable bonds is 8. The molecule has 0 radical (unpaired) electrons. The van der Waals surface area contributed by atoms with Gasteiger partial charge in [0, 0.05) is 37.8 Å². The summed E-state index contributed by atoms with van der Waals surface area (Å²) in [6, 6.07) is 6.51. The molecule has 0 spiro atoms. The van der Waals surface area contributed by atoms with Crippen molar-refractivity contribution in [3.8, 4) is 0 Å². The van der Waals surface area contributed by atoms with Gasteiger partial charge in [0.05, 0.1) is 28.4 Å². The summed E-state index contributed by atoms with van der Waals surface area (Å²) in [7, 11) is -0.575. The molecule has 0 aliphatic carbocycles. The number of aliphatic carboxylic acids is 1. The molecule has 0 fully saturated rings. The molecule has 0 saturated heterocycles. The van der Waals surface area contributed by atoms with Crippen molar-refractivity contribution in [2.24, 2.45) is 4.99 Å². The Morgan fingerprint density at radius 2 is 1.80 bits per heavy atom. The van der Waals surface area contributed by atoms with Crippen molar-refractivity contribution in [1.82, 2.24) is 25.4 Å². The lowest BCUT2D eigenvalue weighted by molar-refractivity contribution is -0.138. The molecule has 0 unspecified atom stereocenters. The van der Waals surface area contributed by atoms with E-state index in [0.29, 0.717) is 34.7 Å². The molecule has 40 heavy (non-hydrogen) atoms. The topological polar surface area (TPSA) is 161 Å². The van der Waals surface area contributed by atoms with Gasteiger partial charge in [-0.2, -0.15) is 0 Å². The molecule has 0 saturated carbocycles. The number of carboxylic acid groups (broad SMARTS) is 1. The number of hydrogen-bond acceptors (Lipinski definition) is 7. The van der Waals surface area contributed by atoms with Gasteiger partial charge < -0.3 is 15.3 Å². The second-order valence-electron chi connectivity index (χ2n) is 9.10. The lowest BCUT2D eigenvalue weighted by atomic mass is 9.96. The largest absolute Gasteiger partial charge is 0.480 e. The number of carbonyl (C=O) groups is 3. The van der Waals surface area contributed by atoms with E-state index in [2.05, 4.69) is 20.5 Å². The van der Waals surface area contributed by atoms with Crippen molar-refractivity contribution in [1.29, 1.82) is 0 Å². The molecule has 12 nitrogen and oxygen atoms in total. The van der Waals surface area contributed by atoms with Gasteiger partial charge in [0.25, 0.3) is 11.8 Å². The van der Waals surface area contributed by atoms with Gasteiger partial charge in [-0.1, -0.05) is 34.8 Å². The zero-order valence-electron chi connectivity index (χ0n) is 21.7. The number of carbonyl (C=O) groups excluding carboxylic acids is 2. The standard InChI is InChI=1S/C24H27Cl3N6O6S/c1-32(2)30-24(31-40(3,38)39)28-11-18(23(36)37)29-21(34)19-17(26)10-14-12-33(9-8-16(14)20(19)27)22(35)13-4-6-15(25)7-5-13/h4-7,10,18H,8-9,11-12H2,1-3H3,(H,29,34)(H,36,37)(H2,28,30,31)/t18-/m0/s1. The molecular weight excluding hydrogens is 607 g/mol. The quantitative estimate of drug-likeness (QED) is 0.195. The van der Waals surface area contributed by atoms with E-state index in [9.17, 15) is 27.9 Å². The van der Waals surface area contributed by atoms with Crippen LogP contribution in [-0.2, 0) is 27.8 Å². The molecule has 16 heteroatoms. The van der Waals surface area contributed by atoms with Crippen LogP contribution < -0.4 is 15.5 Å². The van der Waals surface area contributed by atoms with Crippen molar-refractivity contribution in [3.63, 3.8) is 0 Å². The van der Waals surface area contributed by atoms with Crippen molar-refractivity contribution in [2.45, 2.75) is 19.0 Å². The van der Waals surface area contributed by atoms with Gasteiger partial charge in [-0.25, -0.2) is 23.2 Å². The molecule has 1 aliphatic rings. The van der Waals surface area contributed by atoms with E-state index in [0.717, 1.165) is 6.26 Å². The maximum Gasteiger partial charge on any atom is 0.328 e. The van der Waals surface area contributed by atoms with E-state index < -0.39 is 34.5 Å². The molecular formula is C24H27Cl3N6O6S. The number of nitrogens with zero attached hydrogens (tertiary/aromatic N) is 3. The Hall–Kier alpha value is -3.10. The second kappa shape index (κ2) is 13.0. The van der Waals surface area contributed by atoms with E-state index in [4.69, 9.17) is 34.8 Å². The van der Waals surface area contributed by atoms with E-state index in [1.54, 1.807) is 43.3 Å². The van der Waals surface area contributed by atoms with Gasteiger partial charge in [0.2, 0.25) is 16.0 Å². The lowest BCUT2D eigenvalue weighted by Crippen LogP contribution is -2.48. The Labute approximate surface area is 246 Å². The number of nitrogens with one attached hydrogen (secondary N) is 3. The predicted octanol–water partition coefficient (Wildman–Crippen LogP) is 2.00. The summed E-state index contributed by atoms with van der Waals surface area (Å²) in [6.07, 6.45) is 1.25. The maximum atomic E-state index is 13.1. The molecule has 0 aromatic heterocycles. The molecule has 1 atom stereocenters. The summed E-state index contributed by atoms with van der Waals surface area (Å²) in [6.45, 7) is 0.0274. The molecule has 216 valence electrons. The number of benzene rings is 2. The average Bonchev–Trinajstić information content (AvgIpc) is 2.84. The van der Waals surface area contributed by atoms with Gasteiger partial charge >= 0.3 is 5.97 Å². The fraction of sp³-hybridized carbons (Fsp3) is 0.333.